The number of unbranched alkanes of at least 4 members (excludes halogenated alkanes) is 11. The van der Waals surface area contributed by atoms with E-state index in [0.717, 1.165) is 30.9 Å². The highest BCUT2D eigenvalue weighted by Gasteiger charge is 2.19. The summed E-state index contributed by atoms with van der Waals surface area (Å²) in [5.41, 5.74) is 1.01. The monoisotopic (exact) mass is 462 g/mol. The van der Waals surface area contributed by atoms with Crippen LogP contribution in [0.25, 0.3) is 0 Å². The van der Waals surface area contributed by atoms with Gasteiger partial charge in [0.15, 0.2) is 11.5 Å². The summed E-state index contributed by atoms with van der Waals surface area (Å²) in [5, 5.41) is 10.2. The number of para-hydroxylation sites is 2. The smallest absolute Gasteiger partial charge is 0.298 e. The molecule has 2 N–H and O–H groups in total. The normalized spacial score (nSPS) is 11.6. The minimum Gasteiger partial charge on any atom is -0.503 e. The number of aromatic hydroxyl groups is 1. The van der Waals surface area contributed by atoms with Crippen molar-refractivity contribution in [1.82, 2.24) is 0 Å². The quantitative estimate of drug-likeness (QED) is 0.197. The molecule has 0 heterocycles. The maximum absolute atomic E-state index is 11.4. The second-order valence-electron chi connectivity index (χ2n) is 8.43. The average Bonchev–Trinajstić information content (AvgIpc) is 2.76. The molecule has 6 heteroatoms. The molecule has 0 radical (unpaired) electrons. The molecule has 2 aromatic rings. The van der Waals surface area contributed by atoms with Crippen LogP contribution in [0.15, 0.2) is 47.4 Å². The molecule has 0 aliphatic carbocycles. The Balaban J connectivity index is 1.75. The van der Waals surface area contributed by atoms with E-state index in [0.29, 0.717) is 5.75 Å². The number of hydrogen-bond acceptors (Lipinski definition) is 4. The van der Waals surface area contributed by atoms with E-state index in [1.165, 1.54) is 76.3 Å². The predicted octanol–water partition coefficient (Wildman–Crippen LogP) is 7.67. The highest BCUT2D eigenvalue weighted by molar-refractivity contribution is 7.86. The second-order valence-corrected chi connectivity index (χ2v) is 9.82. The minimum atomic E-state index is -4.52. The zero-order chi connectivity index (χ0) is 23.2. The number of benzene rings is 2. The first-order chi connectivity index (χ1) is 15.4. The fourth-order valence-electron chi connectivity index (χ4n) is 3.88. The molecule has 32 heavy (non-hydrogen) atoms. The van der Waals surface area contributed by atoms with Gasteiger partial charge in [-0.05, 0) is 36.6 Å². The topological polar surface area (TPSA) is 83.8 Å². The summed E-state index contributed by atoms with van der Waals surface area (Å²) in [5.74, 6) is -0.00389. The van der Waals surface area contributed by atoms with Crippen molar-refractivity contribution >= 4 is 10.1 Å². The Bertz CT molecular complexity index is 908. The van der Waals surface area contributed by atoms with Crippen LogP contribution in [-0.2, 0) is 16.5 Å². The van der Waals surface area contributed by atoms with Crippen LogP contribution in [0.4, 0.5) is 0 Å². The summed E-state index contributed by atoms with van der Waals surface area (Å²) < 4.78 is 37.9. The maximum atomic E-state index is 11.4. The Hall–Kier alpha value is -2.05. The summed E-state index contributed by atoms with van der Waals surface area (Å²) in [4.78, 5) is -0.562. The fraction of sp³-hybridized carbons (Fsp3) is 0.538. The van der Waals surface area contributed by atoms with Crippen LogP contribution in [0.1, 0.15) is 89.5 Å². The fourth-order valence-corrected chi connectivity index (χ4v) is 4.47. The van der Waals surface area contributed by atoms with Gasteiger partial charge in [0.05, 0.1) is 0 Å². The summed E-state index contributed by atoms with van der Waals surface area (Å²) in [6, 6.07) is 11.6. The largest absolute Gasteiger partial charge is 0.503 e. The zero-order valence-corrected chi connectivity index (χ0v) is 20.1. The van der Waals surface area contributed by atoms with Gasteiger partial charge in [-0.15, -0.1) is 0 Å². The van der Waals surface area contributed by atoms with Crippen molar-refractivity contribution in [1.29, 1.82) is 0 Å². The van der Waals surface area contributed by atoms with E-state index < -0.39 is 20.8 Å². The van der Waals surface area contributed by atoms with Crippen LogP contribution in [0, 0.1) is 0 Å². The van der Waals surface area contributed by atoms with Gasteiger partial charge in [-0.3, -0.25) is 4.55 Å². The van der Waals surface area contributed by atoms with Crippen molar-refractivity contribution in [3.05, 3.63) is 48.0 Å². The predicted molar refractivity (Wildman–Crippen MR) is 129 cm³/mol. The molecular formula is C26H38O5S. The number of ether oxygens (including phenoxy) is 1. The van der Waals surface area contributed by atoms with Crippen molar-refractivity contribution in [3.8, 4) is 17.2 Å². The molecule has 2 rings (SSSR count). The first kappa shape index (κ1) is 26.2. The Morgan fingerprint density at radius 1 is 0.719 bits per heavy atom. The SMILES string of the molecule is CCCCCCCCCCCCCCc1ccccc1Oc1cccc(S(=O)(=O)O)c1O. The van der Waals surface area contributed by atoms with Crippen LogP contribution < -0.4 is 4.74 Å². The van der Waals surface area contributed by atoms with Gasteiger partial charge in [0.1, 0.15) is 10.6 Å². The molecule has 0 fully saturated rings. The Morgan fingerprint density at radius 3 is 1.84 bits per heavy atom. The molecule has 0 amide bonds. The molecule has 0 aliphatic heterocycles. The lowest BCUT2D eigenvalue weighted by Gasteiger charge is -2.13. The van der Waals surface area contributed by atoms with E-state index in [2.05, 4.69) is 6.92 Å². The minimum absolute atomic E-state index is 0.00210. The van der Waals surface area contributed by atoms with Crippen molar-refractivity contribution in [2.24, 2.45) is 0 Å². The standard InChI is InChI=1S/C26H38O5S/c1-2-3-4-5-6-7-8-9-10-11-12-13-17-22-18-14-15-19-23(22)31-24-20-16-21-25(26(24)27)32(28,29)30/h14-16,18-21,27H,2-13,17H2,1H3,(H,28,29,30). The molecule has 2 aromatic carbocycles. The lowest BCUT2D eigenvalue weighted by molar-refractivity contribution is 0.393. The van der Waals surface area contributed by atoms with Crippen molar-refractivity contribution in [3.63, 3.8) is 0 Å². The first-order valence-electron chi connectivity index (χ1n) is 12.0. The number of rotatable bonds is 16. The molecule has 0 saturated carbocycles. The lowest BCUT2D eigenvalue weighted by Crippen LogP contribution is -2.00. The van der Waals surface area contributed by atoms with Crippen LogP contribution in [-0.4, -0.2) is 18.1 Å². The van der Waals surface area contributed by atoms with Gasteiger partial charge in [-0.25, -0.2) is 0 Å². The third kappa shape index (κ3) is 9.21. The molecule has 0 saturated heterocycles. The Kier molecular flexibility index (Phi) is 11.6. The second kappa shape index (κ2) is 14.2. The average molecular weight is 463 g/mol. The zero-order valence-electron chi connectivity index (χ0n) is 19.3. The van der Waals surface area contributed by atoms with Gasteiger partial charge in [-0.2, -0.15) is 8.42 Å². The van der Waals surface area contributed by atoms with E-state index in [-0.39, 0.29) is 5.75 Å². The number of phenols is 1. The van der Waals surface area contributed by atoms with Crippen molar-refractivity contribution in [2.75, 3.05) is 0 Å². The molecule has 0 aliphatic rings. The summed E-state index contributed by atoms with van der Waals surface area (Å²) in [6.45, 7) is 2.25. The number of aryl methyl sites for hydroxylation is 1. The van der Waals surface area contributed by atoms with E-state index in [1.807, 2.05) is 18.2 Å². The number of phenolic OH excluding ortho intramolecular Hbond substituents is 1. The van der Waals surface area contributed by atoms with Crippen molar-refractivity contribution in [2.45, 2.75) is 95.3 Å². The van der Waals surface area contributed by atoms with E-state index >= 15 is 0 Å². The van der Waals surface area contributed by atoms with E-state index in [9.17, 15) is 18.1 Å². The van der Waals surface area contributed by atoms with E-state index in [4.69, 9.17) is 4.74 Å². The Labute approximate surface area is 193 Å². The van der Waals surface area contributed by atoms with Crippen LogP contribution in [0.5, 0.6) is 17.2 Å². The molecular weight excluding hydrogens is 424 g/mol. The van der Waals surface area contributed by atoms with Crippen LogP contribution in [0.3, 0.4) is 0 Å². The van der Waals surface area contributed by atoms with Gasteiger partial charge in [0, 0.05) is 0 Å². The maximum Gasteiger partial charge on any atom is 0.298 e. The van der Waals surface area contributed by atoms with Crippen molar-refractivity contribution < 1.29 is 22.8 Å². The molecule has 0 aromatic heterocycles. The van der Waals surface area contributed by atoms with E-state index in [1.54, 1.807) is 6.07 Å². The van der Waals surface area contributed by atoms with Gasteiger partial charge in [-0.1, -0.05) is 102 Å². The van der Waals surface area contributed by atoms with Gasteiger partial charge in [0.2, 0.25) is 0 Å². The third-order valence-electron chi connectivity index (χ3n) is 5.73. The highest BCUT2D eigenvalue weighted by Crippen LogP contribution is 2.37. The van der Waals surface area contributed by atoms with Crippen LogP contribution in [0.2, 0.25) is 0 Å². The highest BCUT2D eigenvalue weighted by atomic mass is 32.2. The lowest BCUT2D eigenvalue weighted by atomic mass is 10.0. The third-order valence-corrected chi connectivity index (χ3v) is 6.62. The van der Waals surface area contributed by atoms with Gasteiger partial charge < -0.3 is 9.84 Å². The first-order valence-corrected chi connectivity index (χ1v) is 13.4. The Morgan fingerprint density at radius 2 is 1.25 bits per heavy atom. The summed E-state index contributed by atoms with van der Waals surface area (Å²) >= 11 is 0. The summed E-state index contributed by atoms with van der Waals surface area (Å²) in [7, 11) is -4.52. The molecule has 0 unspecified atom stereocenters. The van der Waals surface area contributed by atoms with Crippen LogP contribution >= 0.6 is 0 Å². The molecule has 178 valence electrons. The van der Waals surface area contributed by atoms with Gasteiger partial charge >= 0.3 is 0 Å². The molecule has 0 spiro atoms. The molecule has 5 nitrogen and oxygen atoms in total. The van der Waals surface area contributed by atoms with Gasteiger partial charge in [0.25, 0.3) is 10.1 Å². The number of hydrogen-bond donors (Lipinski definition) is 2. The molecule has 0 bridgehead atoms. The summed E-state index contributed by atoms with van der Waals surface area (Å²) in [6.07, 6.45) is 16.4. The molecule has 0 atom stereocenters.